The second kappa shape index (κ2) is 13.6. The maximum atomic E-state index is 2.47. The van der Waals surface area contributed by atoms with Crippen molar-refractivity contribution in [3.05, 3.63) is 247 Å². The molecule has 0 spiro atoms. The van der Waals surface area contributed by atoms with E-state index in [0.29, 0.717) is 0 Å². The molecule has 1 nitrogen and oxygen atoms in total. The fourth-order valence-corrected chi connectivity index (χ4v) is 10.3. The van der Waals surface area contributed by atoms with E-state index in [0.717, 1.165) is 17.1 Å². The third-order valence-electron chi connectivity index (χ3n) is 11.8. The van der Waals surface area contributed by atoms with Crippen molar-refractivity contribution < 1.29 is 0 Å². The summed E-state index contributed by atoms with van der Waals surface area (Å²) < 4.78 is 2.63. The van der Waals surface area contributed by atoms with Gasteiger partial charge in [-0.05, 0) is 104 Å². The van der Waals surface area contributed by atoms with E-state index < -0.39 is 5.41 Å². The van der Waals surface area contributed by atoms with Crippen LogP contribution in [0.1, 0.15) is 22.3 Å². The van der Waals surface area contributed by atoms with Crippen molar-refractivity contribution in [2.45, 2.75) is 5.41 Å². The Bertz CT molecular complexity index is 2960. The summed E-state index contributed by atoms with van der Waals surface area (Å²) in [6, 6.07) is 82.5. The van der Waals surface area contributed by atoms with Gasteiger partial charge >= 0.3 is 0 Å². The molecule has 1 aromatic heterocycles. The summed E-state index contributed by atoms with van der Waals surface area (Å²) in [7, 11) is 0. The van der Waals surface area contributed by atoms with Gasteiger partial charge in [0.05, 0.1) is 5.41 Å². The maximum absolute atomic E-state index is 2.47. The zero-order valence-corrected chi connectivity index (χ0v) is 32.0. The molecule has 0 fully saturated rings. The Morgan fingerprint density at radius 1 is 0.316 bits per heavy atom. The normalized spacial score (nSPS) is 14.4. The van der Waals surface area contributed by atoms with Crippen LogP contribution in [0.4, 0.5) is 17.1 Å². The Kier molecular flexibility index (Phi) is 7.98. The van der Waals surface area contributed by atoms with Gasteiger partial charge in [0, 0.05) is 37.2 Å². The monoisotopic (exact) mass is 743 g/mol. The molecule has 1 atom stereocenters. The zero-order valence-electron chi connectivity index (χ0n) is 31.2. The third-order valence-corrected chi connectivity index (χ3v) is 12.9. The highest BCUT2D eigenvalue weighted by molar-refractivity contribution is 7.25. The average Bonchev–Trinajstić information content (AvgIpc) is 3.81. The number of anilines is 3. The van der Waals surface area contributed by atoms with Gasteiger partial charge in [0.2, 0.25) is 0 Å². The van der Waals surface area contributed by atoms with Gasteiger partial charge in [-0.3, -0.25) is 0 Å². The van der Waals surface area contributed by atoms with Crippen molar-refractivity contribution in [3.63, 3.8) is 0 Å². The molecule has 1 aliphatic carbocycles. The first-order valence-corrected chi connectivity index (χ1v) is 20.4. The Balaban J connectivity index is 1.14. The molecule has 0 amide bonds. The summed E-state index contributed by atoms with van der Waals surface area (Å²) in [5.41, 5.74) is 15.3. The van der Waals surface area contributed by atoms with E-state index >= 15 is 0 Å². The smallest absolute Gasteiger partial charge is 0.0714 e. The van der Waals surface area contributed by atoms with Gasteiger partial charge in [-0.1, -0.05) is 176 Å². The van der Waals surface area contributed by atoms with Crippen molar-refractivity contribution >= 4 is 48.6 Å². The SMILES string of the molecule is c1ccc(-c2ccc(N(c3ccc(-c4ccccc4)cc3)c3ccc4c(c3)C(c3ccccc3)(c3ccc5c(c3)sc3ccccc35)c3ccccc3-4)cc2)cc1. The van der Waals surface area contributed by atoms with Gasteiger partial charge in [0.1, 0.15) is 0 Å². The van der Waals surface area contributed by atoms with E-state index in [2.05, 4.69) is 229 Å². The molecule has 9 aromatic carbocycles. The molecule has 1 heterocycles. The largest absolute Gasteiger partial charge is 0.310 e. The number of hydrogen-bond acceptors (Lipinski definition) is 2. The Morgan fingerprint density at radius 2 is 0.825 bits per heavy atom. The van der Waals surface area contributed by atoms with Crippen LogP contribution in [0.15, 0.2) is 224 Å². The third kappa shape index (κ3) is 5.44. The molecule has 0 radical (unpaired) electrons. The molecule has 268 valence electrons. The number of benzene rings is 9. The first kappa shape index (κ1) is 33.3. The van der Waals surface area contributed by atoms with Gasteiger partial charge in [-0.25, -0.2) is 0 Å². The molecule has 11 rings (SSSR count). The van der Waals surface area contributed by atoms with E-state index in [1.807, 2.05) is 11.3 Å². The average molecular weight is 744 g/mol. The molecule has 1 unspecified atom stereocenters. The molecule has 10 aromatic rings. The van der Waals surface area contributed by atoms with Crippen molar-refractivity contribution in [1.82, 2.24) is 0 Å². The molecule has 0 saturated heterocycles. The van der Waals surface area contributed by atoms with Gasteiger partial charge in [-0.2, -0.15) is 0 Å². The number of rotatable bonds is 7. The highest BCUT2D eigenvalue weighted by Crippen LogP contribution is 2.58. The van der Waals surface area contributed by atoms with E-state index in [1.165, 1.54) is 75.8 Å². The van der Waals surface area contributed by atoms with Crippen LogP contribution < -0.4 is 4.90 Å². The lowest BCUT2D eigenvalue weighted by Crippen LogP contribution is -2.28. The number of thiophene rings is 1. The molecular weight excluding hydrogens is 707 g/mol. The minimum atomic E-state index is -0.534. The first-order valence-electron chi connectivity index (χ1n) is 19.6. The van der Waals surface area contributed by atoms with Gasteiger partial charge in [0.15, 0.2) is 0 Å². The molecule has 0 saturated carbocycles. The molecule has 1 aliphatic rings. The van der Waals surface area contributed by atoms with Crippen LogP contribution in [0.2, 0.25) is 0 Å². The van der Waals surface area contributed by atoms with E-state index in [9.17, 15) is 0 Å². The first-order chi connectivity index (χ1) is 28.3. The molecule has 2 heteroatoms. The van der Waals surface area contributed by atoms with Gasteiger partial charge in [-0.15, -0.1) is 11.3 Å². The van der Waals surface area contributed by atoms with E-state index in [4.69, 9.17) is 0 Å². The minimum Gasteiger partial charge on any atom is -0.310 e. The zero-order chi connectivity index (χ0) is 37.8. The van der Waals surface area contributed by atoms with Crippen LogP contribution in [-0.4, -0.2) is 0 Å². The second-order valence-electron chi connectivity index (χ2n) is 14.9. The van der Waals surface area contributed by atoms with Crippen LogP contribution in [0.5, 0.6) is 0 Å². The summed E-state index contributed by atoms with van der Waals surface area (Å²) in [6.07, 6.45) is 0. The topological polar surface area (TPSA) is 3.24 Å². The standard InChI is InChI=1S/C55H37NS/c1-4-14-38(15-5-1)40-24-29-44(30-25-40)56(45-31-26-41(27-32-45)39-16-6-2-7-17-39)46-33-35-48-47-20-10-12-22-51(47)55(52(48)37-46,42-18-8-3-9-19-42)43-28-34-50-49-21-11-13-23-53(49)57-54(50)36-43/h1-37H. The molecule has 57 heavy (non-hydrogen) atoms. The Labute approximate surface area is 337 Å². The Morgan fingerprint density at radius 3 is 1.49 bits per heavy atom. The Hall–Kier alpha value is -7.00. The van der Waals surface area contributed by atoms with Crippen molar-refractivity contribution in [1.29, 1.82) is 0 Å². The molecule has 0 bridgehead atoms. The fraction of sp³-hybridized carbons (Fsp3) is 0.0182. The lowest BCUT2D eigenvalue weighted by Gasteiger charge is -2.35. The lowest BCUT2D eigenvalue weighted by molar-refractivity contribution is 0.770. The van der Waals surface area contributed by atoms with Crippen molar-refractivity contribution in [3.8, 4) is 33.4 Å². The van der Waals surface area contributed by atoms with Crippen molar-refractivity contribution in [2.75, 3.05) is 4.90 Å². The van der Waals surface area contributed by atoms with E-state index in [1.54, 1.807) is 0 Å². The highest BCUT2D eigenvalue weighted by Gasteiger charge is 2.46. The van der Waals surface area contributed by atoms with E-state index in [-0.39, 0.29) is 0 Å². The number of fused-ring (bicyclic) bond motifs is 6. The predicted molar refractivity (Wildman–Crippen MR) is 242 cm³/mol. The van der Waals surface area contributed by atoms with Crippen molar-refractivity contribution in [2.24, 2.45) is 0 Å². The summed E-state index contributed by atoms with van der Waals surface area (Å²) in [6.45, 7) is 0. The summed E-state index contributed by atoms with van der Waals surface area (Å²) in [5.74, 6) is 0. The lowest BCUT2D eigenvalue weighted by atomic mass is 9.67. The minimum absolute atomic E-state index is 0.534. The molecular formula is C55H37NS. The van der Waals surface area contributed by atoms with Crippen LogP contribution in [-0.2, 0) is 5.41 Å². The summed E-state index contributed by atoms with van der Waals surface area (Å²) >= 11 is 1.88. The number of hydrogen-bond donors (Lipinski definition) is 0. The van der Waals surface area contributed by atoms with Crippen LogP contribution in [0.3, 0.4) is 0 Å². The fourth-order valence-electron chi connectivity index (χ4n) is 9.16. The predicted octanol–water partition coefficient (Wildman–Crippen LogP) is 15.2. The van der Waals surface area contributed by atoms with Gasteiger partial charge in [0.25, 0.3) is 0 Å². The van der Waals surface area contributed by atoms with Gasteiger partial charge < -0.3 is 4.90 Å². The summed E-state index contributed by atoms with van der Waals surface area (Å²) in [4.78, 5) is 2.41. The molecule has 0 aliphatic heterocycles. The number of nitrogens with zero attached hydrogens (tertiary/aromatic N) is 1. The molecule has 0 N–H and O–H groups in total. The van der Waals surface area contributed by atoms with Crippen LogP contribution in [0.25, 0.3) is 53.6 Å². The highest BCUT2D eigenvalue weighted by atomic mass is 32.1. The second-order valence-corrected chi connectivity index (χ2v) is 15.9. The maximum Gasteiger partial charge on any atom is 0.0714 e. The van der Waals surface area contributed by atoms with Crippen LogP contribution >= 0.6 is 11.3 Å². The summed E-state index contributed by atoms with van der Waals surface area (Å²) in [5, 5.41) is 2.63. The van der Waals surface area contributed by atoms with Crippen LogP contribution in [0, 0.1) is 0 Å². The quantitative estimate of drug-likeness (QED) is 0.157.